The van der Waals surface area contributed by atoms with Crippen LogP contribution in [0, 0.1) is 5.82 Å². The lowest BCUT2D eigenvalue weighted by Gasteiger charge is -2.20. The van der Waals surface area contributed by atoms with Crippen molar-refractivity contribution in [1.82, 2.24) is 0 Å². The second kappa shape index (κ2) is 3.58. The van der Waals surface area contributed by atoms with Crippen molar-refractivity contribution in [2.75, 3.05) is 0 Å². The Kier molecular flexibility index (Phi) is 3.03. The lowest BCUT2D eigenvalue weighted by molar-refractivity contribution is 0.522. The van der Waals surface area contributed by atoms with Crippen molar-refractivity contribution in [2.45, 2.75) is 26.2 Å². The summed E-state index contributed by atoms with van der Waals surface area (Å²) in [5.74, 6) is -0.219. The van der Waals surface area contributed by atoms with Crippen molar-refractivity contribution < 1.29 is 4.39 Å². The van der Waals surface area contributed by atoms with Gasteiger partial charge in [0.05, 0.1) is 5.02 Å². The third-order valence-electron chi connectivity index (χ3n) is 1.82. The molecule has 0 aliphatic rings. The Bertz CT molecular complexity index is 328. The zero-order chi connectivity index (χ0) is 10.2. The summed E-state index contributed by atoms with van der Waals surface area (Å²) in [5, 5.41) is 0.548. The van der Waals surface area contributed by atoms with E-state index < -0.39 is 0 Å². The summed E-state index contributed by atoms with van der Waals surface area (Å²) in [4.78, 5) is 0. The molecule has 0 saturated heterocycles. The van der Waals surface area contributed by atoms with Gasteiger partial charge in [-0.05, 0) is 39.0 Å². The number of hydrogen-bond donors (Lipinski definition) is 0. The van der Waals surface area contributed by atoms with Gasteiger partial charge in [0.25, 0.3) is 0 Å². The van der Waals surface area contributed by atoms with Crippen LogP contribution in [0.3, 0.4) is 0 Å². The van der Waals surface area contributed by atoms with Crippen molar-refractivity contribution in [3.05, 3.63) is 33.0 Å². The average Bonchev–Trinajstić information content (AvgIpc) is 1.94. The zero-order valence-corrected chi connectivity index (χ0v) is 10.1. The van der Waals surface area contributed by atoms with Crippen LogP contribution in [0.25, 0.3) is 0 Å². The smallest absolute Gasteiger partial charge is 0.128 e. The second-order valence-corrected chi connectivity index (χ2v) is 5.26. The molecule has 1 rings (SSSR count). The zero-order valence-electron chi connectivity index (χ0n) is 7.79. The van der Waals surface area contributed by atoms with Crippen LogP contribution in [0.5, 0.6) is 0 Å². The second-order valence-electron chi connectivity index (χ2n) is 4.00. The van der Waals surface area contributed by atoms with Gasteiger partial charge in [-0.15, -0.1) is 0 Å². The molecule has 0 aromatic heterocycles. The van der Waals surface area contributed by atoms with Crippen LogP contribution in [0.15, 0.2) is 16.6 Å². The van der Waals surface area contributed by atoms with Crippen LogP contribution >= 0.6 is 27.5 Å². The van der Waals surface area contributed by atoms with E-state index in [4.69, 9.17) is 11.6 Å². The summed E-state index contributed by atoms with van der Waals surface area (Å²) < 4.78 is 14.0. The molecule has 3 heteroatoms. The van der Waals surface area contributed by atoms with E-state index >= 15 is 0 Å². The third kappa shape index (κ3) is 2.44. The molecule has 72 valence electrons. The molecular formula is C10H11BrClF. The van der Waals surface area contributed by atoms with Crippen LogP contribution in [0.4, 0.5) is 4.39 Å². The lowest BCUT2D eigenvalue weighted by atomic mass is 9.87. The van der Waals surface area contributed by atoms with E-state index in [1.807, 2.05) is 20.8 Å². The first kappa shape index (κ1) is 11.0. The predicted molar refractivity (Wildman–Crippen MR) is 57.8 cm³/mol. The highest BCUT2D eigenvalue weighted by atomic mass is 79.9. The Labute approximate surface area is 91.2 Å². The van der Waals surface area contributed by atoms with E-state index in [0.29, 0.717) is 15.1 Å². The molecular weight excluding hydrogens is 254 g/mol. The van der Waals surface area contributed by atoms with Crippen molar-refractivity contribution >= 4 is 27.5 Å². The quantitative estimate of drug-likeness (QED) is 0.604. The minimum atomic E-state index is -0.219. The fourth-order valence-corrected chi connectivity index (χ4v) is 1.58. The standard InChI is InChI=1S/C10H11BrClF/c1-10(2,3)6-4-8(12)7(11)5-9(6)13/h4-5H,1-3H3. The SMILES string of the molecule is CC(C)(C)c1cc(Cl)c(Br)cc1F. The molecule has 0 aliphatic heterocycles. The summed E-state index contributed by atoms with van der Waals surface area (Å²) in [5.41, 5.74) is 0.426. The van der Waals surface area contributed by atoms with Crippen LogP contribution in [0.2, 0.25) is 5.02 Å². The van der Waals surface area contributed by atoms with Gasteiger partial charge in [0, 0.05) is 4.47 Å². The molecule has 0 heterocycles. The minimum Gasteiger partial charge on any atom is -0.207 e. The molecule has 0 amide bonds. The number of hydrogen-bond acceptors (Lipinski definition) is 0. The Morgan fingerprint density at radius 1 is 1.31 bits per heavy atom. The normalized spacial score (nSPS) is 11.8. The van der Waals surface area contributed by atoms with E-state index in [9.17, 15) is 4.39 Å². The summed E-state index contributed by atoms with van der Waals surface area (Å²) in [6.45, 7) is 5.86. The number of rotatable bonds is 0. The Balaban J connectivity index is 3.32. The summed E-state index contributed by atoms with van der Waals surface area (Å²) >= 11 is 9.05. The van der Waals surface area contributed by atoms with E-state index in [1.54, 1.807) is 6.07 Å². The Morgan fingerprint density at radius 3 is 2.31 bits per heavy atom. The molecule has 13 heavy (non-hydrogen) atoms. The highest BCUT2D eigenvalue weighted by Crippen LogP contribution is 2.32. The maximum Gasteiger partial charge on any atom is 0.128 e. The molecule has 0 bridgehead atoms. The first-order chi connectivity index (χ1) is 5.82. The minimum absolute atomic E-state index is 0.214. The van der Waals surface area contributed by atoms with E-state index in [1.165, 1.54) is 6.07 Å². The van der Waals surface area contributed by atoms with Crippen LogP contribution in [-0.2, 0) is 5.41 Å². The number of benzene rings is 1. The van der Waals surface area contributed by atoms with Crippen LogP contribution in [0.1, 0.15) is 26.3 Å². The van der Waals surface area contributed by atoms with Gasteiger partial charge in [0.15, 0.2) is 0 Å². The van der Waals surface area contributed by atoms with Gasteiger partial charge in [-0.2, -0.15) is 0 Å². The van der Waals surface area contributed by atoms with Gasteiger partial charge in [0.1, 0.15) is 5.82 Å². The van der Waals surface area contributed by atoms with Crippen molar-refractivity contribution in [2.24, 2.45) is 0 Å². The topological polar surface area (TPSA) is 0 Å². The molecule has 0 radical (unpaired) electrons. The van der Waals surface area contributed by atoms with Crippen molar-refractivity contribution in [3.63, 3.8) is 0 Å². The van der Waals surface area contributed by atoms with Crippen molar-refractivity contribution in [1.29, 1.82) is 0 Å². The van der Waals surface area contributed by atoms with Crippen LogP contribution < -0.4 is 0 Å². The molecule has 0 nitrogen and oxygen atoms in total. The number of halogens is 3. The molecule has 0 unspecified atom stereocenters. The molecule has 0 spiro atoms. The van der Waals surface area contributed by atoms with E-state index in [-0.39, 0.29) is 11.2 Å². The predicted octanol–water partition coefficient (Wildman–Crippen LogP) is 4.54. The first-order valence-corrected chi connectivity index (χ1v) is 5.14. The Hall–Kier alpha value is -0.0800. The van der Waals surface area contributed by atoms with Gasteiger partial charge in [0.2, 0.25) is 0 Å². The Morgan fingerprint density at radius 2 is 1.85 bits per heavy atom. The summed E-state index contributed by atoms with van der Waals surface area (Å²) in [6, 6.07) is 3.07. The highest BCUT2D eigenvalue weighted by molar-refractivity contribution is 9.10. The van der Waals surface area contributed by atoms with Gasteiger partial charge < -0.3 is 0 Å². The van der Waals surface area contributed by atoms with E-state index in [2.05, 4.69) is 15.9 Å². The molecule has 0 saturated carbocycles. The summed E-state index contributed by atoms with van der Waals surface area (Å²) in [7, 11) is 0. The van der Waals surface area contributed by atoms with E-state index in [0.717, 1.165) is 0 Å². The van der Waals surface area contributed by atoms with Crippen molar-refractivity contribution in [3.8, 4) is 0 Å². The lowest BCUT2D eigenvalue weighted by Crippen LogP contribution is -2.13. The molecule has 1 aromatic carbocycles. The maximum atomic E-state index is 13.4. The average molecular weight is 266 g/mol. The van der Waals surface area contributed by atoms with Gasteiger partial charge in [-0.1, -0.05) is 32.4 Å². The molecule has 0 N–H and O–H groups in total. The fraction of sp³-hybridized carbons (Fsp3) is 0.400. The monoisotopic (exact) mass is 264 g/mol. The first-order valence-electron chi connectivity index (χ1n) is 3.97. The molecule has 1 aromatic rings. The third-order valence-corrected chi connectivity index (χ3v) is 3.02. The maximum absolute atomic E-state index is 13.4. The van der Waals surface area contributed by atoms with Gasteiger partial charge in [-0.3, -0.25) is 0 Å². The largest absolute Gasteiger partial charge is 0.207 e. The molecule has 0 aliphatic carbocycles. The highest BCUT2D eigenvalue weighted by Gasteiger charge is 2.19. The molecule has 0 fully saturated rings. The molecule has 0 atom stereocenters. The van der Waals surface area contributed by atoms with Gasteiger partial charge in [-0.25, -0.2) is 4.39 Å². The van der Waals surface area contributed by atoms with Crippen LogP contribution in [-0.4, -0.2) is 0 Å². The summed E-state index contributed by atoms with van der Waals surface area (Å²) in [6.07, 6.45) is 0. The van der Waals surface area contributed by atoms with Gasteiger partial charge >= 0.3 is 0 Å². The fourth-order valence-electron chi connectivity index (χ4n) is 1.10.